The smallest absolute Gasteiger partial charge is 0.304 e. The standard InChI is InChI=1S/C26H36Cl2N4O4S/c1-8-19(4)29-26(34)20(5)31(15-21-22(27)10-9-11-23(21)28)25(33)16-32(37(35,36)30(6)7)24-14-17(2)12-13-18(24)3/h9-14,19-20H,8,15-16H2,1-7H3,(H,29,34)/t19-,20+/m1/s1. The molecule has 2 atom stereocenters. The van der Waals surface area contributed by atoms with Crippen LogP contribution in [0.5, 0.6) is 0 Å². The molecular formula is C26H36Cl2N4O4S. The van der Waals surface area contributed by atoms with Gasteiger partial charge >= 0.3 is 10.2 Å². The molecule has 0 unspecified atom stereocenters. The van der Waals surface area contributed by atoms with Crippen LogP contribution in [0, 0.1) is 13.8 Å². The van der Waals surface area contributed by atoms with Gasteiger partial charge in [-0.3, -0.25) is 9.59 Å². The molecule has 0 saturated heterocycles. The lowest BCUT2D eigenvalue weighted by Gasteiger charge is -2.34. The Balaban J connectivity index is 2.56. The van der Waals surface area contributed by atoms with E-state index in [4.69, 9.17) is 23.2 Å². The largest absolute Gasteiger partial charge is 0.352 e. The number of hydrogen-bond donors (Lipinski definition) is 1. The molecule has 0 fully saturated rings. The van der Waals surface area contributed by atoms with Crippen LogP contribution in [-0.4, -0.2) is 62.2 Å². The van der Waals surface area contributed by atoms with Crippen LogP contribution in [0.25, 0.3) is 0 Å². The molecule has 0 saturated carbocycles. The molecule has 0 heterocycles. The summed E-state index contributed by atoms with van der Waals surface area (Å²) in [5, 5.41) is 3.57. The Labute approximate surface area is 230 Å². The molecule has 0 bridgehead atoms. The van der Waals surface area contributed by atoms with Gasteiger partial charge in [0.05, 0.1) is 5.69 Å². The molecule has 2 amide bonds. The zero-order valence-corrected chi connectivity index (χ0v) is 24.7. The summed E-state index contributed by atoms with van der Waals surface area (Å²) < 4.78 is 28.9. The van der Waals surface area contributed by atoms with Gasteiger partial charge in [0.2, 0.25) is 11.8 Å². The SMILES string of the molecule is CC[C@@H](C)NC(=O)[C@H](C)N(Cc1c(Cl)cccc1Cl)C(=O)CN(c1cc(C)ccc1C)S(=O)(=O)N(C)C. The normalized spacial score (nSPS) is 13.2. The Kier molecular flexibility index (Phi) is 10.8. The van der Waals surface area contributed by atoms with Gasteiger partial charge in [-0.1, -0.05) is 48.3 Å². The average molecular weight is 572 g/mol. The molecule has 11 heteroatoms. The van der Waals surface area contributed by atoms with Gasteiger partial charge in [0.15, 0.2) is 0 Å². The molecule has 0 aliphatic rings. The molecule has 2 rings (SSSR count). The molecule has 0 aliphatic carbocycles. The number of rotatable bonds is 11. The van der Waals surface area contributed by atoms with Crippen molar-refractivity contribution in [2.45, 2.75) is 59.7 Å². The number of nitrogens with one attached hydrogen (secondary N) is 1. The van der Waals surface area contributed by atoms with Crippen molar-refractivity contribution in [3.05, 3.63) is 63.1 Å². The highest BCUT2D eigenvalue weighted by molar-refractivity contribution is 7.90. The number of hydrogen-bond acceptors (Lipinski definition) is 4. The van der Waals surface area contributed by atoms with E-state index < -0.39 is 28.7 Å². The van der Waals surface area contributed by atoms with E-state index in [0.717, 1.165) is 14.2 Å². The second-order valence-corrected chi connectivity index (χ2v) is 12.2. The highest BCUT2D eigenvalue weighted by Crippen LogP contribution is 2.28. The molecule has 0 radical (unpaired) electrons. The Morgan fingerprint density at radius 1 is 1.03 bits per heavy atom. The summed E-state index contributed by atoms with van der Waals surface area (Å²) in [6.07, 6.45) is 0.713. The van der Waals surface area contributed by atoms with E-state index in [1.54, 1.807) is 44.2 Å². The lowest BCUT2D eigenvalue weighted by atomic mass is 10.1. The summed E-state index contributed by atoms with van der Waals surface area (Å²) in [7, 11) is -1.24. The molecule has 8 nitrogen and oxygen atoms in total. The third-order valence-electron chi connectivity index (χ3n) is 6.21. The van der Waals surface area contributed by atoms with Gasteiger partial charge in [0.1, 0.15) is 12.6 Å². The molecular weight excluding hydrogens is 535 g/mol. The zero-order chi connectivity index (χ0) is 28.1. The monoisotopic (exact) mass is 570 g/mol. The molecule has 0 aromatic heterocycles. The summed E-state index contributed by atoms with van der Waals surface area (Å²) in [6, 6.07) is 9.35. The van der Waals surface area contributed by atoms with Crippen molar-refractivity contribution in [1.82, 2.24) is 14.5 Å². The van der Waals surface area contributed by atoms with Crippen molar-refractivity contribution in [3.63, 3.8) is 0 Å². The topological polar surface area (TPSA) is 90.0 Å². The first-order chi connectivity index (χ1) is 17.2. The van der Waals surface area contributed by atoms with E-state index in [2.05, 4.69) is 5.32 Å². The van der Waals surface area contributed by atoms with E-state index in [9.17, 15) is 18.0 Å². The first kappa shape index (κ1) is 30.9. The van der Waals surface area contributed by atoms with Gasteiger partial charge < -0.3 is 10.2 Å². The maximum atomic E-state index is 13.9. The molecule has 0 spiro atoms. The van der Waals surface area contributed by atoms with Gasteiger partial charge in [-0.2, -0.15) is 12.7 Å². The predicted molar refractivity (Wildman–Crippen MR) is 150 cm³/mol. The Hall–Kier alpha value is -2.33. The fraction of sp³-hybridized carbons (Fsp3) is 0.462. The second kappa shape index (κ2) is 13.0. The van der Waals surface area contributed by atoms with Crippen molar-refractivity contribution in [3.8, 4) is 0 Å². The molecule has 0 aliphatic heterocycles. The number of anilines is 1. The summed E-state index contributed by atoms with van der Waals surface area (Å²) in [6.45, 7) is 8.44. The fourth-order valence-electron chi connectivity index (χ4n) is 3.59. The average Bonchev–Trinajstić information content (AvgIpc) is 2.83. The van der Waals surface area contributed by atoms with Crippen molar-refractivity contribution < 1.29 is 18.0 Å². The second-order valence-electron chi connectivity index (χ2n) is 9.30. The minimum absolute atomic E-state index is 0.0743. The maximum Gasteiger partial charge on any atom is 0.304 e. The Morgan fingerprint density at radius 2 is 1.62 bits per heavy atom. The van der Waals surface area contributed by atoms with Gasteiger partial charge in [-0.05, 0) is 63.4 Å². The van der Waals surface area contributed by atoms with Crippen LogP contribution >= 0.6 is 23.2 Å². The molecule has 2 aromatic carbocycles. The third kappa shape index (κ3) is 7.60. The first-order valence-electron chi connectivity index (χ1n) is 12.0. The number of amides is 2. The number of carbonyl (C=O) groups excluding carboxylic acids is 2. The molecule has 1 N–H and O–H groups in total. The number of carbonyl (C=O) groups is 2. The quantitative estimate of drug-likeness (QED) is 0.429. The number of halogens is 2. The van der Waals surface area contributed by atoms with E-state index in [1.165, 1.54) is 19.0 Å². The highest BCUT2D eigenvalue weighted by Gasteiger charge is 2.34. The minimum atomic E-state index is -4.05. The summed E-state index contributed by atoms with van der Waals surface area (Å²) in [4.78, 5) is 28.2. The third-order valence-corrected chi connectivity index (χ3v) is 8.72. The molecule has 2 aromatic rings. The van der Waals surface area contributed by atoms with Crippen molar-refractivity contribution in [1.29, 1.82) is 0 Å². The van der Waals surface area contributed by atoms with Crippen LogP contribution in [0.4, 0.5) is 5.69 Å². The van der Waals surface area contributed by atoms with E-state index in [0.29, 0.717) is 33.3 Å². The van der Waals surface area contributed by atoms with Crippen LogP contribution in [0.2, 0.25) is 10.0 Å². The minimum Gasteiger partial charge on any atom is -0.352 e. The van der Waals surface area contributed by atoms with Crippen molar-refractivity contribution in [2.24, 2.45) is 0 Å². The number of benzene rings is 2. The Bertz CT molecular complexity index is 1220. The van der Waals surface area contributed by atoms with Crippen LogP contribution in [0.3, 0.4) is 0 Å². The van der Waals surface area contributed by atoms with Crippen molar-refractivity contribution >= 4 is 50.9 Å². The summed E-state index contributed by atoms with van der Waals surface area (Å²) in [5.41, 5.74) is 2.38. The van der Waals surface area contributed by atoms with Gasteiger partial charge in [0, 0.05) is 42.3 Å². The maximum absolute atomic E-state index is 13.9. The van der Waals surface area contributed by atoms with E-state index >= 15 is 0 Å². The molecule has 204 valence electrons. The van der Waals surface area contributed by atoms with Crippen LogP contribution in [0.15, 0.2) is 36.4 Å². The van der Waals surface area contributed by atoms with Gasteiger partial charge in [0.25, 0.3) is 0 Å². The lowest BCUT2D eigenvalue weighted by Crippen LogP contribution is -2.53. The zero-order valence-electron chi connectivity index (χ0n) is 22.4. The van der Waals surface area contributed by atoms with Gasteiger partial charge in [-0.15, -0.1) is 0 Å². The van der Waals surface area contributed by atoms with Crippen LogP contribution in [-0.2, 0) is 26.3 Å². The van der Waals surface area contributed by atoms with Crippen LogP contribution < -0.4 is 9.62 Å². The Morgan fingerprint density at radius 3 is 2.16 bits per heavy atom. The number of aryl methyl sites for hydroxylation is 2. The van der Waals surface area contributed by atoms with Crippen LogP contribution in [0.1, 0.15) is 43.9 Å². The van der Waals surface area contributed by atoms with Gasteiger partial charge in [-0.25, -0.2) is 4.31 Å². The first-order valence-corrected chi connectivity index (χ1v) is 14.2. The predicted octanol–water partition coefficient (Wildman–Crippen LogP) is 4.56. The van der Waals surface area contributed by atoms with Crippen molar-refractivity contribution in [2.75, 3.05) is 24.9 Å². The highest BCUT2D eigenvalue weighted by atomic mass is 35.5. The lowest BCUT2D eigenvalue weighted by molar-refractivity contribution is -0.139. The molecule has 37 heavy (non-hydrogen) atoms. The fourth-order valence-corrected chi connectivity index (χ4v) is 5.22. The van der Waals surface area contributed by atoms with E-state index in [-0.39, 0.29) is 18.5 Å². The number of nitrogens with zero attached hydrogens (tertiary/aromatic N) is 3. The summed E-state index contributed by atoms with van der Waals surface area (Å²) in [5.74, 6) is -0.936. The van der Waals surface area contributed by atoms with E-state index in [1.807, 2.05) is 26.8 Å². The summed E-state index contributed by atoms with van der Waals surface area (Å²) >= 11 is 12.8.